The Morgan fingerprint density at radius 3 is 2.58 bits per heavy atom. The summed E-state index contributed by atoms with van der Waals surface area (Å²) in [6, 6.07) is 11.3. The number of allylic oxidation sites excluding steroid dienone is 1. The van der Waals surface area contributed by atoms with Crippen LogP contribution in [-0.4, -0.2) is 5.11 Å². The number of aromatic hydroxyl groups is 1. The highest BCUT2D eigenvalue weighted by Gasteiger charge is 2.20. The highest BCUT2D eigenvalue weighted by molar-refractivity contribution is 5.72. The molecule has 1 atom stereocenters. The molecule has 2 aromatic carbocycles. The van der Waals surface area contributed by atoms with E-state index in [9.17, 15) is 9.50 Å². The van der Waals surface area contributed by atoms with Crippen molar-refractivity contribution in [2.75, 3.05) is 0 Å². The van der Waals surface area contributed by atoms with Crippen LogP contribution in [0.4, 0.5) is 4.39 Å². The number of benzene rings is 2. The van der Waals surface area contributed by atoms with Crippen molar-refractivity contribution in [3.05, 3.63) is 65.5 Å². The first-order chi connectivity index (χ1) is 9.13. The van der Waals surface area contributed by atoms with Crippen LogP contribution in [0.1, 0.15) is 24.2 Å². The average molecular weight is 256 g/mol. The summed E-state index contributed by atoms with van der Waals surface area (Å²) < 4.78 is 18.8. The highest BCUT2D eigenvalue weighted by Crippen LogP contribution is 2.38. The molecule has 1 aliphatic heterocycles. The van der Waals surface area contributed by atoms with Gasteiger partial charge in [-0.3, -0.25) is 0 Å². The monoisotopic (exact) mass is 256 g/mol. The van der Waals surface area contributed by atoms with Gasteiger partial charge in [-0.05, 0) is 54.5 Å². The molecule has 0 saturated heterocycles. The Morgan fingerprint density at radius 1 is 1.11 bits per heavy atom. The maximum absolute atomic E-state index is 12.9. The summed E-state index contributed by atoms with van der Waals surface area (Å²) in [5.74, 6) is 0.688. The fourth-order valence-electron chi connectivity index (χ4n) is 2.23. The standard InChI is InChI=1S/C16H13FO2/c1-10-8-16(11-2-4-12(17)5-3-11)19-15-7-6-13(18)9-14(10)15/h2-9,16,18H,1H3. The van der Waals surface area contributed by atoms with Gasteiger partial charge in [0, 0.05) is 5.56 Å². The molecule has 0 spiro atoms. The van der Waals surface area contributed by atoms with E-state index in [1.54, 1.807) is 30.3 Å². The van der Waals surface area contributed by atoms with Gasteiger partial charge in [-0.2, -0.15) is 0 Å². The summed E-state index contributed by atoms with van der Waals surface area (Å²) in [6.07, 6.45) is 1.74. The van der Waals surface area contributed by atoms with E-state index in [0.717, 1.165) is 22.4 Å². The number of halogens is 1. The average Bonchev–Trinajstić information content (AvgIpc) is 2.40. The third-order valence-electron chi connectivity index (χ3n) is 3.24. The van der Waals surface area contributed by atoms with Crippen LogP contribution in [0.2, 0.25) is 0 Å². The van der Waals surface area contributed by atoms with Crippen molar-refractivity contribution >= 4 is 5.57 Å². The van der Waals surface area contributed by atoms with Crippen molar-refractivity contribution in [1.29, 1.82) is 0 Å². The van der Waals surface area contributed by atoms with Crippen molar-refractivity contribution in [2.24, 2.45) is 0 Å². The smallest absolute Gasteiger partial charge is 0.143 e. The summed E-state index contributed by atoms with van der Waals surface area (Å²) in [5, 5.41) is 9.50. The van der Waals surface area contributed by atoms with Crippen molar-refractivity contribution in [2.45, 2.75) is 13.0 Å². The Bertz CT molecular complexity index is 644. The molecule has 1 aliphatic rings. The van der Waals surface area contributed by atoms with Crippen LogP contribution in [0.15, 0.2) is 48.5 Å². The molecule has 0 radical (unpaired) electrons. The van der Waals surface area contributed by atoms with Gasteiger partial charge >= 0.3 is 0 Å². The fraction of sp³-hybridized carbons (Fsp3) is 0.125. The molecule has 2 aromatic rings. The predicted molar refractivity (Wildman–Crippen MR) is 71.5 cm³/mol. The van der Waals surface area contributed by atoms with Crippen molar-refractivity contribution in [1.82, 2.24) is 0 Å². The zero-order valence-corrected chi connectivity index (χ0v) is 10.4. The van der Waals surface area contributed by atoms with Crippen LogP contribution in [-0.2, 0) is 0 Å². The molecular weight excluding hydrogens is 243 g/mol. The first-order valence-corrected chi connectivity index (χ1v) is 6.07. The molecule has 2 nitrogen and oxygen atoms in total. The summed E-state index contributed by atoms with van der Waals surface area (Å²) in [4.78, 5) is 0. The van der Waals surface area contributed by atoms with E-state index in [0.29, 0.717) is 0 Å². The molecule has 19 heavy (non-hydrogen) atoms. The second kappa shape index (κ2) is 4.43. The predicted octanol–water partition coefficient (Wildman–Crippen LogP) is 4.07. The Morgan fingerprint density at radius 2 is 1.84 bits per heavy atom. The molecule has 0 bridgehead atoms. The van der Waals surface area contributed by atoms with Crippen molar-refractivity contribution in [3.63, 3.8) is 0 Å². The minimum Gasteiger partial charge on any atom is -0.508 e. The number of phenolic OH excluding ortho intramolecular Hbond substituents is 1. The maximum Gasteiger partial charge on any atom is 0.143 e. The minimum absolute atomic E-state index is 0.218. The van der Waals surface area contributed by atoms with Crippen molar-refractivity contribution in [3.8, 4) is 11.5 Å². The van der Waals surface area contributed by atoms with Crippen LogP contribution >= 0.6 is 0 Å². The molecule has 1 N–H and O–H groups in total. The first-order valence-electron chi connectivity index (χ1n) is 6.07. The number of ether oxygens (including phenoxy) is 1. The Balaban J connectivity index is 1.99. The largest absolute Gasteiger partial charge is 0.508 e. The molecule has 1 unspecified atom stereocenters. The molecule has 3 rings (SSSR count). The third kappa shape index (κ3) is 2.19. The van der Waals surface area contributed by atoms with Gasteiger partial charge in [0.05, 0.1) is 0 Å². The third-order valence-corrected chi connectivity index (χ3v) is 3.24. The first kappa shape index (κ1) is 11.8. The molecule has 0 fully saturated rings. The fourth-order valence-corrected chi connectivity index (χ4v) is 2.23. The van der Waals surface area contributed by atoms with Crippen LogP contribution in [0.3, 0.4) is 0 Å². The highest BCUT2D eigenvalue weighted by atomic mass is 19.1. The normalized spacial score (nSPS) is 17.4. The van der Waals surface area contributed by atoms with Gasteiger partial charge in [0.1, 0.15) is 23.4 Å². The summed E-state index contributed by atoms with van der Waals surface area (Å²) in [5.41, 5.74) is 2.82. The van der Waals surface area contributed by atoms with E-state index >= 15 is 0 Å². The molecule has 3 heteroatoms. The molecule has 0 amide bonds. The van der Waals surface area contributed by atoms with Crippen molar-refractivity contribution < 1.29 is 14.2 Å². The second-order valence-corrected chi connectivity index (χ2v) is 4.62. The van der Waals surface area contributed by atoms with E-state index in [4.69, 9.17) is 4.74 Å². The van der Waals surface area contributed by atoms with Crippen LogP contribution in [0, 0.1) is 5.82 Å². The van der Waals surface area contributed by atoms with Gasteiger partial charge in [-0.15, -0.1) is 0 Å². The molecule has 0 aliphatic carbocycles. The summed E-state index contributed by atoms with van der Waals surface area (Å²) >= 11 is 0. The lowest BCUT2D eigenvalue weighted by Gasteiger charge is -2.24. The van der Waals surface area contributed by atoms with E-state index in [-0.39, 0.29) is 17.7 Å². The Kier molecular flexibility index (Phi) is 2.75. The summed E-state index contributed by atoms with van der Waals surface area (Å²) in [6.45, 7) is 1.97. The van der Waals surface area contributed by atoms with E-state index in [1.165, 1.54) is 12.1 Å². The lowest BCUT2D eigenvalue weighted by atomic mass is 9.98. The van der Waals surface area contributed by atoms with E-state index < -0.39 is 0 Å². The van der Waals surface area contributed by atoms with Gasteiger partial charge in [-0.1, -0.05) is 12.1 Å². The lowest BCUT2D eigenvalue weighted by molar-refractivity contribution is 0.250. The van der Waals surface area contributed by atoms with Gasteiger partial charge in [0.25, 0.3) is 0 Å². The van der Waals surface area contributed by atoms with Gasteiger partial charge in [-0.25, -0.2) is 4.39 Å². The number of hydrogen-bond donors (Lipinski definition) is 1. The quantitative estimate of drug-likeness (QED) is 0.833. The SMILES string of the molecule is CC1=CC(c2ccc(F)cc2)Oc2ccc(O)cc21. The minimum atomic E-state index is -0.259. The number of phenols is 1. The van der Waals surface area contributed by atoms with Gasteiger partial charge in [0.15, 0.2) is 0 Å². The lowest BCUT2D eigenvalue weighted by Crippen LogP contribution is -2.10. The zero-order chi connectivity index (χ0) is 13.4. The van der Waals surface area contributed by atoms with Gasteiger partial charge < -0.3 is 9.84 Å². The molecule has 1 heterocycles. The Labute approximate surface area is 110 Å². The van der Waals surface area contributed by atoms with Crippen LogP contribution in [0.25, 0.3) is 5.57 Å². The number of rotatable bonds is 1. The molecule has 0 aromatic heterocycles. The van der Waals surface area contributed by atoms with Crippen LogP contribution in [0.5, 0.6) is 11.5 Å². The maximum atomic E-state index is 12.9. The van der Waals surface area contributed by atoms with E-state index in [1.807, 2.05) is 13.0 Å². The van der Waals surface area contributed by atoms with E-state index in [2.05, 4.69) is 0 Å². The number of fused-ring (bicyclic) bond motifs is 1. The Hall–Kier alpha value is -2.29. The number of hydrogen-bond acceptors (Lipinski definition) is 2. The molecular formula is C16H13FO2. The zero-order valence-electron chi connectivity index (χ0n) is 10.4. The molecule has 0 saturated carbocycles. The second-order valence-electron chi connectivity index (χ2n) is 4.62. The summed E-state index contributed by atoms with van der Waals surface area (Å²) in [7, 11) is 0. The topological polar surface area (TPSA) is 29.5 Å². The molecule has 96 valence electrons. The van der Waals surface area contributed by atoms with Crippen LogP contribution < -0.4 is 4.74 Å². The van der Waals surface area contributed by atoms with Gasteiger partial charge in [0.2, 0.25) is 0 Å².